The number of nitrogens with zero attached hydrogens (tertiary/aromatic N) is 1. The molecule has 1 aliphatic heterocycles. The van der Waals surface area contributed by atoms with Gasteiger partial charge in [-0.05, 0) is 37.3 Å². The highest BCUT2D eigenvalue weighted by atomic mass is 16.4. The summed E-state index contributed by atoms with van der Waals surface area (Å²) >= 11 is 0. The molecule has 114 valence electrons. The molecule has 1 aromatic rings. The number of benzene rings is 1. The standard InChI is InChI=1S/C16H22N2O3/c1-11-7-8-18(12(2)9-11)16(21)17-14-6-4-3-5-13(14)10-15(19)20/h3-6,11-12H,7-10H2,1-2H3,(H,17,21)(H,19,20). The molecule has 1 saturated heterocycles. The van der Waals surface area contributed by atoms with E-state index in [9.17, 15) is 9.59 Å². The summed E-state index contributed by atoms with van der Waals surface area (Å²) < 4.78 is 0. The third kappa shape index (κ3) is 3.97. The Bertz CT molecular complexity index is 530. The van der Waals surface area contributed by atoms with Crippen LogP contribution in [0, 0.1) is 5.92 Å². The van der Waals surface area contributed by atoms with Gasteiger partial charge in [-0.2, -0.15) is 0 Å². The van der Waals surface area contributed by atoms with Crippen LogP contribution in [0.4, 0.5) is 10.5 Å². The molecule has 0 spiro atoms. The van der Waals surface area contributed by atoms with Crippen molar-refractivity contribution < 1.29 is 14.7 Å². The number of likely N-dealkylation sites (tertiary alicyclic amines) is 1. The fourth-order valence-corrected chi connectivity index (χ4v) is 2.86. The minimum Gasteiger partial charge on any atom is -0.481 e. The number of aliphatic carboxylic acids is 1. The van der Waals surface area contributed by atoms with Crippen LogP contribution in [-0.2, 0) is 11.2 Å². The van der Waals surface area contributed by atoms with Crippen molar-refractivity contribution in [2.45, 2.75) is 39.2 Å². The highest BCUT2D eigenvalue weighted by Crippen LogP contribution is 2.23. The van der Waals surface area contributed by atoms with Crippen LogP contribution in [0.2, 0.25) is 0 Å². The summed E-state index contributed by atoms with van der Waals surface area (Å²) in [5.74, 6) is -0.264. The molecule has 0 aromatic heterocycles. The van der Waals surface area contributed by atoms with E-state index in [1.807, 2.05) is 4.90 Å². The largest absolute Gasteiger partial charge is 0.481 e. The molecule has 5 nitrogen and oxygen atoms in total. The lowest BCUT2D eigenvalue weighted by molar-refractivity contribution is -0.136. The molecule has 0 saturated carbocycles. The maximum atomic E-state index is 12.4. The van der Waals surface area contributed by atoms with Crippen LogP contribution in [0.25, 0.3) is 0 Å². The Morgan fingerprint density at radius 3 is 2.71 bits per heavy atom. The van der Waals surface area contributed by atoms with Gasteiger partial charge in [0.25, 0.3) is 0 Å². The number of hydrogen-bond donors (Lipinski definition) is 2. The minimum absolute atomic E-state index is 0.0942. The Morgan fingerprint density at radius 1 is 1.33 bits per heavy atom. The summed E-state index contributed by atoms with van der Waals surface area (Å²) in [6, 6.07) is 7.10. The van der Waals surface area contributed by atoms with Gasteiger partial charge in [0.05, 0.1) is 6.42 Å². The third-order valence-electron chi connectivity index (χ3n) is 4.00. The fourth-order valence-electron chi connectivity index (χ4n) is 2.86. The molecule has 0 bridgehead atoms. The second kappa shape index (κ2) is 6.61. The smallest absolute Gasteiger partial charge is 0.322 e. The van der Waals surface area contributed by atoms with Crippen LogP contribution < -0.4 is 5.32 Å². The SMILES string of the molecule is CC1CCN(C(=O)Nc2ccccc2CC(=O)O)C(C)C1. The van der Waals surface area contributed by atoms with Crippen LogP contribution >= 0.6 is 0 Å². The van der Waals surface area contributed by atoms with Crippen LogP contribution in [-0.4, -0.2) is 34.6 Å². The molecule has 0 radical (unpaired) electrons. The van der Waals surface area contributed by atoms with Crippen LogP contribution in [0.5, 0.6) is 0 Å². The zero-order chi connectivity index (χ0) is 15.4. The molecule has 21 heavy (non-hydrogen) atoms. The van der Waals surface area contributed by atoms with Gasteiger partial charge in [-0.25, -0.2) is 4.79 Å². The number of hydrogen-bond acceptors (Lipinski definition) is 2. The Balaban J connectivity index is 2.07. The van der Waals surface area contributed by atoms with E-state index in [-0.39, 0.29) is 18.5 Å². The first-order chi connectivity index (χ1) is 9.97. The lowest BCUT2D eigenvalue weighted by Gasteiger charge is -2.36. The van der Waals surface area contributed by atoms with E-state index < -0.39 is 5.97 Å². The molecule has 1 heterocycles. The van der Waals surface area contributed by atoms with Crippen molar-refractivity contribution in [3.63, 3.8) is 0 Å². The molecule has 1 aliphatic rings. The van der Waals surface area contributed by atoms with E-state index >= 15 is 0 Å². The van der Waals surface area contributed by atoms with E-state index in [1.54, 1.807) is 24.3 Å². The van der Waals surface area contributed by atoms with Gasteiger partial charge in [0.1, 0.15) is 0 Å². The number of anilines is 1. The second-order valence-corrected chi connectivity index (χ2v) is 5.83. The van der Waals surface area contributed by atoms with Gasteiger partial charge < -0.3 is 15.3 Å². The zero-order valence-electron chi connectivity index (χ0n) is 12.5. The van der Waals surface area contributed by atoms with E-state index in [0.717, 1.165) is 19.4 Å². The Kier molecular flexibility index (Phi) is 4.83. The highest BCUT2D eigenvalue weighted by molar-refractivity contribution is 5.91. The lowest BCUT2D eigenvalue weighted by atomic mass is 9.94. The van der Waals surface area contributed by atoms with Gasteiger partial charge in [0, 0.05) is 18.3 Å². The first-order valence-corrected chi connectivity index (χ1v) is 7.34. The average molecular weight is 290 g/mol. The molecule has 2 atom stereocenters. The summed E-state index contributed by atoms with van der Waals surface area (Å²) in [6.45, 7) is 5.00. The number of carboxylic acid groups (broad SMARTS) is 1. The van der Waals surface area contributed by atoms with Crippen molar-refractivity contribution in [3.8, 4) is 0 Å². The van der Waals surface area contributed by atoms with Crippen molar-refractivity contribution in [1.82, 2.24) is 4.90 Å². The predicted molar refractivity (Wildman–Crippen MR) is 81.4 cm³/mol. The summed E-state index contributed by atoms with van der Waals surface area (Å²) in [5.41, 5.74) is 1.20. The van der Waals surface area contributed by atoms with E-state index in [1.165, 1.54) is 0 Å². The number of carboxylic acids is 1. The molecule has 5 heteroatoms. The van der Waals surface area contributed by atoms with Crippen molar-refractivity contribution in [1.29, 1.82) is 0 Å². The first-order valence-electron chi connectivity index (χ1n) is 7.34. The molecular weight excluding hydrogens is 268 g/mol. The monoisotopic (exact) mass is 290 g/mol. The van der Waals surface area contributed by atoms with E-state index in [4.69, 9.17) is 5.11 Å². The number of para-hydroxylation sites is 1. The number of amides is 2. The van der Waals surface area contributed by atoms with E-state index in [0.29, 0.717) is 17.2 Å². The number of nitrogens with one attached hydrogen (secondary N) is 1. The summed E-state index contributed by atoms with van der Waals surface area (Å²) in [6.07, 6.45) is 1.92. The first kappa shape index (κ1) is 15.4. The van der Waals surface area contributed by atoms with Crippen LogP contribution in [0.1, 0.15) is 32.3 Å². The third-order valence-corrected chi connectivity index (χ3v) is 4.00. The molecular formula is C16H22N2O3. The zero-order valence-corrected chi connectivity index (χ0v) is 12.5. The van der Waals surface area contributed by atoms with Crippen LogP contribution in [0.15, 0.2) is 24.3 Å². The Morgan fingerprint density at radius 2 is 2.05 bits per heavy atom. The van der Waals surface area contributed by atoms with Crippen molar-refractivity contribution in [2.75, 3.05) is 11.9 Å². The normalized spacial score (nSPS) is 21.9. The van der Waals surface area contributed by atoms with Gasteiger partial charge in [0.2, 0.25) is 0 Å². The molecule has 2 unspecified atom stereocenters. The molecule has 1 aromatic carbocycles. The van der Waals surface area contributed by atoms with Crippen molar-refractivity contribution in [3.05, 3.63) is 29.8 Å². The summed E-state index contributed by atoms with van der Waals surface area (Å²) in [7, 11) is 0. The maximum Gasteiger partial charge on any atom is 0.322 e. The van der Waals surface area contributed by atoms with Gasteiger partial charge in [-0.3, -0.25) is 4.79 Å². The summed E-state index contributed by atoms with van der Waals surface area (Å²) in [4.78, 5) is 25.1. The maximum absolute atomic E-state index is 12.4. The molecule has 2 rings (SSSR count). The Hall–Kier alpha value is -2.04. The molecule has 0 aliphatic carbocycles. The number of carbonyl (C=O) groups is 2. The highest BCUT2D eigenvalue weighted by Gasteiger charge is 2.27. The van der Waals surface area contributed by atoms with Crippen LogP contribution in [0.3, 0.4) is 0 Å². The molecule has 2 amide bonds. The van der Waals surface area contributed by atoms with Gasteiger partial charge >= 0.3 is 12.0 Å². The van der Waals surface area contributed by atoms with Gasteiger partial charge in [-0.1, -0.05) is 25.1 Å². The Labute approximate surface area is 125 Å². The predicted octanol–water partition coefficient (Wildman–Crippen LogP) is 2.97. The second-order valence-electron chi connectivity index (χ2n) is 5.83. The van der Waals surface area contributed by atoms with Gasteiger partial charge in [0.15, 0.2) is 0 Å². The van der Waals surface area contributed by atoms with Crippen molar-refractivity contribution in [2.24, 2.45) is 5.92 Å². The van der Waals surface area contributed by atoms with Gasteiger partial charge in [-0.15, -0.1) is 0 Å². The molecule has 1 fully saturated rings. The van der Waals surface area contributed by atoms with Crippen molar-refractivity contribution >= 4 is 17.7 Å². The number of carbonyl (C=O) groups excluding carboxylic acids is 1. The quantitative estimate of drug-likeness (QED) is 0.899. The fraction of sp³-hybridized carbons (Fsp3) is 0.500. The lowest BCUT2D eigenvalue weighted by Crippen LogP contribution is -2.46. The topological polar surface area (TPSA) is 69.6 Å². The summed E-state index contributed by atoms with van der Waals surface area (Å²) in [5, 5.41) is 11.8. The van der Waals surface area contributed by atoms with E-state index in [2.05, 4.69) is 19.2 Å². The molecule has 2 N–H and O–H groups in total. The number of urea groups is 1. The number of piperidine rings is 1. The average Bonchev–Trinajstić information content (AvgIpc) is 2.40. The number of rotatable bonds is 3. The minimum atomic E-state index is -0.906.